The molecule has 3 rings (SSSR count). The molecule has 0 saturated carbocycles. The van der Waals surface area contributed by atoms with Gasteiger partial charge >= 0.3 is 0 Å². The van der Waals surface area contributed by atoms with Gasteiger partial charge < -0.3 is 14.8 Å². The number of amides is 1. The van der Waals surface area contributed by atoms with Gasteiger partial charge in [-0.2, -0.15) is 5.10 Å². The molecule has 7 nitrogen and oxygen atoms in total. The first-order valence-corrected chi connectivity index (χ1v) is 7.89. The predicted molar refractivity (Wildman–Crippen MR) is 89.6 cm³/mol. The van der Waals surface area contributed by atoms with Crippen LogP contribution in [0.25, 0.3) is 0 Å². The molecular formula is C14H10Cl3N3O4. The van der Waals surface area contributed by atoms with Crippen LogP contribution in [0, 0.1) is 0 Å². The molecule has 0 aliphatic carbocycles. The predicted octanol–water partition coefficient (Wildman–Crippen LogP) is 2.61. The molecule has 0 fully saturated rings. The minimum Gasteiger partial charge on any atom is -0.486 e. The van der Waals surface area contributed by atoms with Crippen molar-refractivity contribution in [3.63, 3.8) is 0 Å². The second kappa shape index (κ2) is 6.88. The van der Waals surface area contributed by atoms with Crippen molar-refractivity contribution in [1.82, 2.24) is 9.78 Å². The highest BCUT2D eigenvalue weighted by molar-refractivity contribution is 6.41. The van der Waals surface area contributed by atoms with Gasteiger partial charge in [-0.3, -0.25) is 9.59 Å². The molecular weight excluding hydrogens is 381 g/mol. The average Bonchev–Trinajstić information content (AvgIpc) is 2.56. The summed E-state index contributed by atoms with van der Waals surface area (Å²) in [6.45, 7) is 0.492. The molecule has 0 radical (unpaired) electrons. The number of benzene rings is 1. The Kier molecular flexibility index (Phi) is 4.84. The van der Waals surface area contributed by atoms with Gasteiger partial charge in [0.1, 0.15) is 24.8 Å². The first-order valence-electron chi connectivity index (χ1n) is 6.76. The Morgan fingerprint density at radius 3 is 2.54 bits per heavy atom. The van der Waals surface area contributed by atoms with Gasteiger partial charge in [-0.1, -0.05) is 34.8 Å². The van der Waals surface area contributed by atoms with Gasteiger partial charge in [0.05, 0.1) is 21.9 Å². The van der Waals surface area contributed by atoms with E-state index < -0.39 is 11.5 Å². The van der Waals surface area contributed by atoms with Crippen molar-refractivity contribution in [2.24, 2.45) is 0 Å². The van der Waals surface area contributed by atoms with Gasteiger partial charge in [-0.25, -0.2) is 4.68 Å². The minimum atomic E-state index is -0.660. The number of nitrogens with one attached hydrogen (secondary N) is 1. The van der Waals surface area contributed by atoms with Crippen LogP contribution in [0.1, 0.15) is 0 Å². The number of fused-ring (bicyclic) bond motifs is 1. The molecule has 1 aliphatic heterocycles. The lowest BCUT2D eigenvalue weighted by atomic mass is 10.2. The van der Waals surface area contributed by atoms with Crippen molar-refractivity contribution < 1.29 is 14.3 Å². The summed E-state index contributed by atoms with van der Waals surface area (Å²) in [6.07, 6.45) is 1.19. The molecule has 1 amide bonds. The number of nitrogens with zero attached hydrogens (tertiary/aromatic N) is 2. The van der Waals surface area contributed by atoms with E-state index >= 15 is 0 Å². The fourth-order valence-electron chi connectivity index (χ4n) is 2.04. The first-order chi connectivity index (χ1) is 11.5. The van der Waals surface area contributed by atoms with Crippen LogP contribution in [0.4, 0.5) is 5.69 Å². The normalized spacial score (nSPS) is 12.8. The van der Waals surface area contributed by atoms with E-state index in [1.165, 1.54) is 6.20 Å². The molecule has 126 valence electrons. The molecule has 10 heteroatoms. The maximum atomic E-state index is 12.1. The number of rotatable bonds is 3. The number of carbonyl (C=O) groups is 1. The summed E-state index contributed by atoms with van der Waals surface area (Å²) in [5.74, 6) is 0.471. The van der Waals surface area contributed by atoms with E-state index in [0.717, 1.165) is 4.68 Å². The van der Waals surface area contributed by atoms with E-state index in [2.05, 4.69) is 10.4 Å². The largest absolute Gasteiger partial charge is 0.486 e. The molecule has 0 spiro atoms. The Morgan fingerprint density at radius 2 is 1.83 bits per heavy atom. The van der Waals surface area contributed by atoms with E-state index in [0.29, 0.717) is 30.4 Å². The Balaban J connectivity index is 1.78. The number of anilines is 1. The van der Waals surface area contributed by atoms with Crippen molar-refractivity contribution in [3.05, 3.63) is 43.8 Å². The number of halogens is 3. The number of hydrogen-bond acceptors (Lipinski definition) is 5. The highest BCUT2D eigenvalue weighted by Gasteiger charge is 2.17. The molecule has 0 bridgehead atoms. The summed E-state index contributed by atoms with van der Waals surface area (Å²) >= 11 is 17.5. The monoisotopic (exact) mass is 389 g/mol. The summed E-state index contributed by atoms with van der Waals surface area (Å²) in [7, 11) is 0. The summed E-state index contributed by atoms with van der Waals surface area (Å²) in [4.78, 5) is 24.0. The number of aromatic nitrogens is 2. The zero-order valence-electron chi connectivity index (χ0n) is 12.0. The van der Waals surface area contributed by atoms with Gasteiger partial charge in [0.25, 0.3) is 5.56 Å². The van der Waals surface area contributed by atoms with Gasteiger partial charge in [0.15, 0.2) is 11.5 Å². The second-order valence-corrected chi connectivity index (χ2v) is 5.99. The Morgan fingerprint density at radius 1 is 1.17 bits per heavy atom. The third-order valence-corrected chi connectivity index (χ3v) is 4.20. The molecule has 1 aromatic heterocycles. The Labute approximate surface area is 151 Å². The van der Waals surface area contributed by atoms with Crippen LogP contribution >= 0.6 is 34.8 Å². The fraction of sp³-hybridized carbons (Fsp3) is 0.214. The van der Waals surface area contributed by atoms with Crippen LogP contribution in [-0.4, -0.2) is 28.9 Å². The molecule has 0 atom stereocenters. The summed E-state index contributed by atoms with van der Waals surface area (Å²) < 4.78 is 11.7. The fourth-order valence-corrected chi connectivity index (χ4v) is 2.51. The molecule has 2 heterocycles. The minimum absolute atomic E-state index is 0.0215. The lowest BCUT2D eigenvalue weighted by Crippen LogP contribution is -2.30. The van der Waals surface area contributed by atoms with Gasteiger partial charge in [-0.05, 0) is 0 Å². The van der Waals surface area contributed by atoms with Crippen LogP contribution in [0.3, 0.4) is 0 Å². The average molecular weight is 391 g/mol. The zero-order chi connectivity index (χ0) is 17.3. The number of hydrogen-bond donors (Lipinski definition) is 1. The van der Waals surface area contributed by atoms with Crippen LogP contribution < -0.4 is 20.3 Å². The first kappa shape index (κ1) is 16.9. The van der Waals surface area contributed by atoms with E-state index in [1.54, 1.807) is 12.1 Å². The van der Waals surface area contributed by atoms with E-state index in [9.17, 15) is 9.59 Å². The molecule has 1 N–H and O–H groups in total. The zero-order valence-corrected chi connectivity index (χ0v) is 14.3. The highest BCUT2D eigenvalue weighted by atomic mass is 35.5. The summed E-state index contributed by atoms with van der Waals surface area (Å²) in [5.41, 5.74) is -0.327. The van der Waals surface area contributed by atoms with Crippen molar-refractivity contribution in [3.8, 4) is 11.5 Å². The lowest BCUT2D eigenvalue weighted by molar-refractivity contribution is -0.117. The van der Waals surface area contributed by atoms with Gasteiger partial charge in [-0.15, -0.1) is 0 Å². The third-order valence-electron chi connectivity index (χ3n) is 3.14. The molecule has 2 aromatic rings. The lowest BCUT2D eigenvalue weighted by Gasteiger charge is -2.20. The summed E-state index contributed by atoms with van der Waals surface area (Å²) in [5, 5.41) is 6.45. The maximum Gasteiger partial charge on any atom is 0.287 e. The number of carbonyl (C=O) groups excluding carboxylic acids is 1. The maximum absolute atomic E-state index is 12.1. The van der Waals surface area contributed by atoms with Gasteiger partial charge in [0, 0.05) is 12.1 Å². The van der Waals surface area contributed by atoms with E-state index in [1.807, 2.05) is 0 Å². The Hall–Kier alpha value is -1.96. The topological polar surface area (TPSA) is 82.5 Å². The Bertz CT molecular complexity index is 869. The molecule has 0 unspecified atom stereocenters. The third kappa shape index (κ3) is 3.43. The molecule has 24 heavy (non-hydrogen) atoms. The second-order valence-electron chi connectivity index (χ2n) is 4.79. The quantitative estimate of drug-likeness (QED) is 0.871. The number of ether oxygens (including phenoxy) is 2. The van der Waals surface area contributed by atoms with Crippen molar-refractivity contribution in [2.45, 2.75) is 6.54 Å². The van der Waals surface area contributed by atoms with Crippen molar-refractivity contribution in [2.75, 3.05) is 18.5 Å². The smallest absolute Gasteiger partial charge is 0.287 e. The van der Waals surface area contributed by atoms with E-state index in [4.69, 9.17) is 44.3 Å². The van der Waals surface area contributed by atoms with E-state index in [-0.39, 0.29) is 21.6 Å². The SMILES string of the molecule is O=C(Cn1ncc(Cl)c(Cl)c1=O)Nc1cc2c(cc1Cl)OCCO2. The highest BCUT2D eigenvalue weighted by Crippen LogP contribution is 2.37. The molecule has 1 aromatic carbocycles. The van der Waals surface area contributed by atoms with Gasteiger partial charge in [0.2, 0.25) is 5.91 Å². The van der Waals surface area contributed by atoms with Crippen LogP contribution in [0.2, 0.25) is 15.1 Å². The van der Waals surface area contributed by atoms with Crippen LogP contribution in [0.5, 0.6) is 11.5 Å². The van der Waals surface area contributed by atoms with Crippen molar-refractivity contribution in [1.29, 1.82) is 0 Å². The van der Waals surface area contributed by atoms with Crippen LogP contribution in [0.15, 0.2) is 23.1 Å². The molecule has 0 saturated heterocycles. The standard InChI is InChI=1S/C14H10Cl3N3O4/c15-7-3-10-11(24-2-1-23-10)4-9(7)19-12(21)6-20-14(22)13(17)8(16)5-18-20/h3-5H,1-2,6H2,(H,19,21). The summed E-state index contributed by atoms with van der Waals surface area (Å²) in [6, 6.07) is 3.11. The van der Waals surface area contributed by atoms with Crippen molar-refractivity contribution >= 4 is 46.4 Å². The molecule has 1 aliphatic rings. The van der Waals surface area contributed by atoms with Crippen LogP contribution in [-0.2, 0) is 11.3 Å².